The van der Waals surface area contributed by atoms with Crippen molar-refractivity contribution in [3.05, 3.63) is 40.7 Å². The molecule has 0 fully saturated rings. The Hall–Kier alpha value is -1.75. The van der Waals surface area contributed by atoms with Crippen LogP contribution in [0, 0.1) is 11.6 Å². The Morgan fingerprint density at radius 1 is 1.31 bits per heavy atom. The van der Waals surface area contributed by atoms with E-state index in [1.54, 1.807) is 0 Å². The standard InChI is InChI=1S/C10H4ClF2NO2/c11-9-8-4(1-5(12)3-6(8)13)2-7(14-9)10(15)16/h1-3H,(H,15,16). The third-order valence-corrected chi connectivity index (χ3v) is 2.30. The van der Waals surface area contributed by atoms with Crippen LogP contribution in [-0.4, -0.2) is 16.1 Å². The summed E-state index contributed by atoms with van der Waals surface area (Å²) in [6.45, 7) is 0. The largest absolute Gasteiger partial charge is 0.477 e. The lowest BCUT2D eigenvalue weighted by atomic mass is 10.1. The molecule has 0 aliphatic carbocycles. The third kappa shape index (κ3) is 1.69. The van der Waals surface area contributed by atoms with Gasteiger partial charge in [0.15, 0.2) is 5.69 Å². The first-order valence-electron chi connectivity index (χ1n) is 4.17. The molecule has 0 aliphatic heterocycles. The minimum absolute atomic E-state index is 0.0647. The van der Waals surface area contributed by atoms with Crippen LogP contribution in [0.2, 0.25) is 5.15 Å². The van der Waals surface area contributed by atoms with Crippen molar-refractivity contribution in [1.82, 2.24) is 4.98 Å². The molecule has 1 aromatic carbocycles. The predicted octanol–water partition coefficient (Wildman–Crippen LogP) is 2.86. The summed E-state index contributed by atoms with van der Waals surface area (Å²) in [4.78, 5) is 14.2. The fraction of sp³-hybridized carbons (Fsp3) is 0. The average Bonchev–Trinajstić information content (AvgIpc) is 2.15. The second-order valence-electron chi connectivity index (χ2n) is 3.09. The summed E-state index contributed by atoms with van der Waals surface area (Å²) in [7, 11) is 0. The van der Waals surface area contributed by atoms with Crippen molar-refractivity contribution in [3.63, 3.8) is 0 Å². The van der Waals surface area contributed by atoms with Crippen molar-refractivity contribution in [1.29, 1.82) is 0 Å². The molecule has 0 saturated heterocycles. The van der Waals surface area contributed by atoms with Crippen molar-refractivity contribution in [2.45, 2.75) is 0 Å². The monoisotopic (exact) mass is 243 g/mol. The van der Waals surface area contributed by atoms with Gasteiger partial charge in [-0.2, -0.15) is 0 Å². The molecule has 1 N–H and O–H groups in total. The summed E-state index contributed by atoms with van der Waals surface area (Å²) in [6, 6.07) is 2.73. The summed E-state index contributed by atoms with van der Waals surface area (Å²) in [5.41, 5.74) is -0.359. The molecule has 3 nitrogen and oxygen atoms in total. The number of fused-ring (bicyclic) bond motifs is 1. The lowest BCUT2D eigenvalue weighted by Crippen LogP contribution is -2.01. The lowest BCUT2D eigenvalue weighted by molar-refractivity contribution is 0.0690. The number of halogens is 3. The fourth-order valence-electron chi connectivity index (χ4n) is 1.38. The van der Waals surface area contributed by atoms with Gasteiger partial charge in [-0.25, -0.2) is 18.6 Å². The Balaban J connectivity index is 2.87. The van der Waals surface area contributed by atoms with Gasteiger partial charge in [-0.3, -0.25) is 0 Å². The molecule has 1 aromatic heterocycles. The van der Waals surface area contributed by atoms with Gasteiger partial charge in [-0.15, -0.1) is 0 Å². The first-order chi connectivity index (χ1) is 7.49. The molecule has 0 unspecified atom stereocenters. The van der Waals surface area contributed by atoms with Crippen LogP contribution in [0.1, 0.15) is 10.5 Å². The third-order valence-electron chi connectivity index (χ3n) is 2.02. The minimum Gasteiger partial charge on any atom is -0.477 e. The van der Waals surface area contributed by atoms with E-state index in [0.717, 1.165) is 12.1 Å². The molecule has 0 radical (unpaired) electrons. The van der Waals surface area contributed by atoms with Crippen LogP contribution >= 0.6 is 11.6 Å². The number of carboxylic acids is 1. The molecular formula is C10H4ClF2NO2. The number of rotatable bonds is 1. The number of aromatic carboxylic acids is 1. The SMILES string of the molecule is O=C(O)c1cc2cc(F)cc(F)c2c(Cl)n1. The van der Waals surface area contributed by atoms with Crippen molar-refractivity contribution in [2.75, 3.05) is 0 Å². The smallest absolute Gasteiger partial charge is 0.354 e. The molecule has 0 saturated carbocycles. The predicted molar refractivity (Wildman–Crippen MR) is 53.6 cm³/mol. The van der Waals surface area contributed by atoms with Gasteiger partial charge >= 0.3 is 5.97 Å². The number of carbonyl (C=O) groups is 1. The van der Waals surface area contributed by atoms with E-state index >= 15 is 0 Å². The Labute approximate surface area is 93.3 Å². The van der Waals surface area contributed by atoms with Gasteiger partial charge in [0.25, 0.3) is 0 Å². The lowest BCUT2D eigenvalue weighted by Gasteiger charge is -2.03. The first-order valence-corrected chi connectivity index (χ1v) is 4.55. The number of benzene rings is 1. The van der Waals surface area contributed by atoms with E-state index in [9.17, 15) is 13.6 Å². The molecule has 2 rings (SSSR count). The van der Waals surface area contributed by atoms with Crippen LogP contribution < -0.4 is 0 Å². The van der Waals surface area contributed by atoms with E-state index in [1.807, 2.05) is 0 Å². The molecule has 0 aliphatic rings. The zero-order valence-corrected chi connectivity index (χ0v) is 8.42. The molecular weight excluding hydrogens is 240 g/mol. The van der Waals surface area contributed by atoms with Gasteiger partial charge < -0.3 is 5.11 Å². The van der Waals surface area contributed by atoms with Crippen molar-refractivity contribution in [3.8, 4) is 0 Å². The number of pyridine rings is 1. The molecule has 0 spiro atoms. The Kier molecular flexibility index (Phi) is 2.47. The van der Waals surface area contributed by atoms with E-state index < -0.39 is 17.6 Å². The number of hydrogen-bond acceptors (Lipinski definition) is 2. The highest BCUT2D eigenvalue weighted by Gasteiger charge is 2.13. The molecule has 0 atom stereocenters. The zero-order valence-electron chi connectivity index (χ0n) is 7.67. The zero-order chi connectivity index (χ0) is 11.9. The average molecular weight is 244 g/mol. The second-order valence-corrected chi connectivity index (χ2v) is 3.45. The maximum absolute atomic E-state index is 13.3. The highest BCUT2D eigenvalue weighted by molar-refractivity contribution is 6.34. The van der Waals surface area contributed by atoms with E-state index in [4.69, 9.17) is 16.7 Å². The molecule has 0 bridgehead atoms. The second kappa shape index (κ2) is 3.68. The fourth-order valence-corrected chi connectivity index (χ4v) is 1.67. The summed E-state index contributed by atoms with van der Waals surface area (Å²) in [6.07, 6.45) is 0. The summed E-state index contributed by atoms with van der Waals surface area (Å²) < 4.78 is 26.2. The highest BCUT2D eigenvalue weighted by atomic mass is 35.5. The maximum atomic E-state index is 13.3. The van der Waals surface area contributed by atoms with E-state index in [-0.39, 0.29) is 21.6 Å². The molecule has 16 heavy (non-hydrogen) atoms. The van der Waals surface area contributed by atoms with Gasteiger partial charge in [-0.05, 0) is 17.5 Å². The van der Waals surface area contributed by atoms with Gasteiger partial charge in [0, 0.05) is 6.07 Å². The summed E-state index contributed by atoms with van der Waals surface area (Å²) >= 11 is 5.63. The number of aromatic nitrogens is 1. The van der Waals surface area contributed by atoms with Gasteiger partial charge in [0.1, 0.15) is 16.8 Å². The molecule has 2 aromatic rings. The Bertz CT molecular complexity index is 601. The topological polar surface area (TPSA) is 50.2 Å². The Morgan fingerprint density at radius 2 is 2.00 bits per heavy atom. The normalized spacial score (nSPS) is 10.7. The van der Waals surface area contributed by atoms with Crippen LogP contribution in [0.5, 0.6) is 0 Å². The number of carboxylic acid groups (broad SMARTS) is 1. The van der Waals surface area contributed by atoms with Crippen LogP contribution in [0.3, 0.4) is 0 Å². The maximum Gasteiger partial charge on any atom is 0.354 e. The Morgan fingerprint density at radius 3 is 2.62 bits per heavy atom. The van der Waals surface area contributed by atoms with Gasteiger partial charge in [-0.1, -0.05) is 11.6 Å². The van der Waals surface area contributed by atoms with Crippen molar-refractivity contribution in [2.24, 2.45) is 0 Å². The number of hydrogen-bond donors (Lipinski definition) is 1. The summed E-state index contributed by atoms with van der Waals surface area (Å²) in [5.74, 6) is -2.98. The minimum atomic E-state index is -1.31. The molecule has 82 valence electrons. The molecule has 6 heteroatoms. The van der Waals surface area contributed by atoms with Crippen LogP contribution in [0.25, 0.3) is 10.8 Å². The van der Waals surface area contributed by atoms with E-state index in [2.05, 4.69) is 4.98 Å². The van der Waals surface area contributed by atoms with E-state index in [0.29, 0.717) is 6.07 Å². The van der Waals surface area contributed by atoms with Crippen LogP contribution in [0.4, 0.5) is 8.78 Å². The molecule has 0 amide bonds. The van der Waals surface area contributed by atoms with Crippen LogP contribution in [-0.2, 0) is 0 Å². The van der Waals surface area contributed by atoms with Crippen molar-refractivity contribution >= 4 is 28.3 Å². The van der Waals surface area contributed by atoms with Crippen LogP contribution in [0.15, 0.2) is 18.2 Å². The van der Waals surface area contributed by atoms with Crippen molar-refractivity contribution < 1.29 is 18.7 Å². The highest BCUT2D eigenvalue weighted by Crippen LogP contribution is 2.26. The number of nitrogens with zero attached hydrogens (tertiary/aromatic N) is 1. The van der Waals surface area contributed by atoms with Gasteiger partial charge in [0.05, 0.1) is 5.39 Å². The van der Waals surface area contributed by atoms with Gasteiger partial charge in [0.2, 0.25) is 0 Å². The first kappa shape index (κ1) is 10.8. The molecule has 1 heterocycles. The quantitative estimate of drug-likeness (QED) is 0.784. The summed E-state index contributed by atoms with van der Waals surface area (Å²) in [5, 5.41) is 8.37. The van der Waals surface area contributed by atoms with E-state index in [1.165, 1.54) is 0 Å².